The second-order valence-electron chi connectivity index (χ2n) is 5.48. The standard InChI is InChI=1S/C18H21NO3S/c1-3-12-23(21,22)17-7-5-4-6-16(17)18(20)19-13-15-10-8-14(2)9-11-15/h4-11H,3,12-13H2,1-2H3,(H,19,20). The molecule has 0 aliphatic carbocycles. The van der Waals surface area contributed by atoms with Crippen LogP contribution < -0.4 is 5.32 Å². The Bertz CT molecular complexity index is 780. The molecule has 122 valence electrons. The highest BCUT2D eigenvalue weighted by atomic mass is 32.2. The van der Waals surface area contributed by atoms with Crippen LogP contribution in [0.2, 0.25) is 0 Å². The van der Waals surface area contributed by atoms with Crippen molar-refractivity contribution in [3.63, 3.8) is 0 Å². The van der Waals surface area contributed by atoms with Gasteiger partial charge in [-0.15, -0.1) is 0 Å². The predicted octanol–water partition coefficient (Wildman–Crippen LogP) is 3.11. The summed E-state index contributed by atoms with van der Waals surface area (Å²) in [6.45, 7) is 4.16. The molecule has 0 spiro atoms. The molecule has 0 atom stereocenters. The quantitative estimate of drug-likeness (QED) is 0.884. The van der Waals surface area contributed by atoms with E-state index in [1.807, 2.05) is 31.2 Å². The Hall–Kier alpha value is -2.14. The van der Waals surface area contributed by atoms with Crippen LogP contribution in [0.3, 0.4) is 0 Å². The first-order chi connectivity index (χ1) is 10.9. The zero-order valence-electron chi connectivity index (χ0n) is 13.4. The molecule has 0 bridgehead atoms. The highest BCUT2D eigenvalue weighted by Crippen LogP contribution is 2.18. The molecule has 5 heteroatoms. The van der Waals surface area contributed by atoms with Gasteiger partial charge in [0.05, 0.1) is 16.2 Å². The van der Waals surface area contributed by atoms with E-state index in [1.54, 1.807) is 25.1 Å². The third-order valence-electron chi connectivity index (χ3n) is 3.51. The third-order valence-corrected chi connectivity index (χ3v) is 5.49. The van der Waals surface area contributed by atoms with Crippen LogP contribution in [0.15, 0.2) is 53.4 Å². The highest BCUT2D eigenvalue weighted by Gasteiger charge is 2.21. The van der Waals surface area contributed by atoms with Crippen molar-refractivity contribution in [3.05, 3.63) is 65.2 Å². The number of benzene rings is 2. The van der Waals surface area contributed by atoms with Crippen molar-refractivity contribution in [1.82, 2.24) is 5.32 Å². The summed E-state index contributed by atoms with van der Waals surface area (Å²) >= 11 is 0. The lowest BCUT2D eigenvalue weighted by Crippen LogP contribution is -2.25. The van der Waals surface area contributed by atoms with E-state index in [9.17, 15) is 13.2 Å². The molecule has 0 aliphatic heterocycles. The first-order valence-electron chi connectivity index (χ1n) is 7.59. The fraction of sp³-hybridized carbons (Fsp3) is 0.278. The van der Waals surface area contributed by atoms with Gasteiger partial charge in [-0.2, -0.15) is 0 Å². The van der Waals surface area contributed by atoms with Crippen molar-refractivity contribution in [2.75, 3.05) is 5.75 Å². The normalized spacial score (nSPS) is 11.2. The van der Waals surface area contributed by atoms with Crippen molar-refractivity contribution in [2.24, 2.45) is 0 Å². The summed E-state index contributed by atoms with van der Waals surface area (Å²) in [6, 6.07) is 14.2. The van der Waals surface area contributed by atoms with Gasteiger partial charge in [-0.05, 0) is 31.0 Å². The Balaban J connectivity index is 2.18. The van der Waals surface area contributed by atoms with Crippen LogP contribution in [0.1, 0.15) is 34.8 Å². The minimum absolute atomic E-state index is 0.0370. The smallest absolute Gasteiger partial charge is 0.252 e. The van der Waals surface area contributed by atoms with Crippen LogP contribution in [0, 0.1) is 6.92 Å². The maximum atomic E-state index is 12.4. The van der Waals surface area contributed by atoms with Crippen LogP contribution in [0.4, 0.5) is 0 Å². The van der Waals surface area contributed by atoms with Crippen molar-refractivity contribution in [2.45, 2.75) is 31.7 Å². The van der Waals surface area contributed by atoms with Crippen molar-refractivity contribution >= 4 is 15.7 Å². The first kappa shape index (κ1) is 17.2. The Labute approximate surface area is 137 Å². The molecule has 0 fully saturated rings. The van der Waals surface area contributed by atoms with Crippen LogP contribution in [0.5, 0.6) is 0 Å². The molecule has 2 aromatic carbocycles. The second kappa shape index (κ2) is 7.42. The Morgan fingerprint density at radius 2 is 1.70 bits per heavy atom. The monoisotopic (exact) mass is 331 g/mol. The molecular weight excluding hydrogens is 310 g/mol. The molecule has 2 rings (SSSR count). The summed E-state index contributed by atoms with van der Waals surface area (Å²) in [5.41, 5.74) is 2.32. The predicted molar refractivity (Wildman–Crippen MR) is 91.1 cm³/mol. The maximum Gasteiger partial charge on any atom is 0.252 e. The molecule has 1 N–H and O–H groups in total. The van der Waals surface area contributed by atoms with Crippen molar-refractivity contribution in [3.8, 4) is 0 Å². The van der Waals surface area contributed by atoms with E-state index < -0.39 is 9.84 Å². The average Bonchev–Trinajstić information content (AvgIpc) is 2.54. The number of carbonyl (C=O) groups excluding carboxylic acids is 1. The topological polar surface area (TPSA) is 63.2 Å². The van der Waals surface area contributed by atoms with Gasteiger partial charge in [0.1, 0.15) is 0 Å². The van der Waals surface area contributed by atoms with E-state index in [2.05, 4.69) is 5.32 Å². The second-order valence-corrected chi connectivity index (χ2v) is 7.56. The number of hydrogen-bond acceptors (Lipinski definition) is 3. The van der Waals surface area contributed by atoms with E-state index in [-0.39, 0.29) is 22.1 Å². The van der Waals surface area contributed by atoms with Gasteiger partial charge in [-0.3, -0.25) is 4.79 Å². The number of carbonyl (C=O) groups is 1. The molecule has 0 aromatic heterocycles. The van der Waals surface area contributed by atoms with Crippen LogP contribution >= 0.6 is 0 Å². The number of amides is 1. The zero-order chi connectivity index (χ0) is 16.9. The fourth-order valence-corrected chi connectivity index (χ4v) is 3.83. The van der Waals surface area contributed by atoms with Crippen molar-refractivity contribution < 1.29 is 13.2 Å². The lowest BCUT2D eigenvalue weighted by molar-refractivity contribution is 0.0947. The van der Waals surface area contributed by atoms with Gasteiger partial charge in [-0.25, -0.2) is 8.42 Å². The van der Waals surface area contributed by atoms with Gasteiger partial charge in [0.2, 0.25) is 0 Å². The molecule has 2 aromatic rings. The van der Waals surface area contributed by atoms with Gasteiger partial charge in [0.15, 0.2) is 9.84 Å². The molecule has 4 nitrogen and oxygen atoms in total. The summed E-state index contributed by atoms with van der Waals surface area (Å²) in [4.78, 5) is 12.5. The first-order valence-corrected chi connectivity index (χ1v) is 9.25. The van der Waals surface area contributed by atoms with E-state index in [4.69, 9.17) is 0 Å². The number of rotatable bonds is 6. The van der Waals surface area contributed by atoms with Gasteiger partial charge in [0, 0.05) is 6.54 Å². The summed E-state index contributed by atoms with van der Waals surface area (Å²) < 4.78 is 24.6. The Kier molecular flexibility index (Phi) is 5.55. The summed E-state index contributed by atoms with van der Waals surface area (Å²) in [5, 5.41) is 2.79. The molecule has 0 heterocycles. The molecule has 1 amide bonds. The molecule has 0 saturated heterocycles. The molecule has 0 saturated carbocycles. The average molecular weight is 331 g/mol. The number of aryl methyl sites for hydroxylation is 1. The fourth-order valence-electron chi connectivity index (χ4n) is 2.29. The van der Waals surface area contributed by atoms with E-state index >= 15 is 0 Å². The van der Waals surface area contributed by atoms with E-state index in [1.165, 1.54) is 6.07 Å². The van der Waals surface area contributed by atoms with Gasteiger partial charge in [-0.1, -0.05) is 48.9 Å². The summed E-state index contributed by atoms with van der Waals surface area (Å²) in [6.07, 6.45) is 0.516. The molecule has 0 aliphatic rings. The third kappa shape index (κ3) is 4.42. The minimum Gasteiger partial charge on any atom is -0.348 e. The molecule has 23 heavy (non-hydrogen) atoms. The Morgan fingerprint density at radius 1 is 1.04 bits per heavy atom. The molecular formula is C18H21NO3S. The SMILES string of the molecule is CCCS(=O)(=O)c1ccccc1C(=O)NCc1ccc(C)cc1. The number of sulfone groups is 1. The van der Waals surface area contributed by atoms with E-state index in [0.29, 0.717) is 13.0 Å². The van der Waals surface area contributed by atoms with E-state index in [0.717, 1.165) is 11.1 Å². The Morgan fingerprint density at radius 3 is 2.35 bits per heavy atom. The van der Waals surface area contributed by atoms with Crippen LogP contribution in [0.25, 0.3) is 0 Å². The maximum absolute atomic E-state index is 12.4. The summed E-state index contributed by atoms with van der Waals surface area (Å²) in [7, 11) is -3.44. The van der Waals surface area contributed by atoms with Gasteiger partial charge < -0.3 is 5.32 Å². The van der Waals surface area contributed by atoms with Crippen molar-refractivity contribution in [1.29, 1.82) is 0 Å². The lowest BCUT2D eigenvalue weighted by atomic mass is 10.1. The van der Waals surface area contributed by atoms with Crippen LogP contribution in [-0.4, -0.2) is 20.1 Å². The summed E-state index contributed by atoms with van der Waals surface area (Å²) in [5.74, 6) is -0.337. The van der Waals surface area contributed by atoms with Gasteiger partial charge >= 0.3 is 0 Å². The zero-order valence-corrected chi connectivity index (χ0v) is 14.2. The lowest BCUT2D eigenvalue weighted by Gasteiger charge is -2.10. The largest absolute Gasteiger partial charge is 0.348 e. The number of nitrogens with one attached hydrogen (secondary N) is 1. The van der Waals surface area contributed by atoms with Crippen LogP contribution in [-0.2, 0) is 16.4 Å². The molecule has 0 radical (unpaired) electrons. The highest BCUT2D eigenvalue weighted by molar-refractivity contribution is 7.91. The minimum atomic E-state index is -3.44. The van der Waals surface area contributed by atoms with Gasteiger partial charge in [0.25, 0.3) is 5.91 Å². The number of hydrogen-bond donors (Lipinski definition) is 1. The molecule has 0 unspecified atom stereocenters.